The van der Waals surface area contributed by atoms with Gasteiger partial charge in [-0.05, 0) is 36.2 Å². The molecular formula is C12H20S2. The van der Waals surface area contributed by atoms with Gasteiger partial charge in [-0.25, -0.2) is 0 Å². The highest BCUT2D eigenvalue weighted by Crippen LogP contribution is 2.08. The number of thioether (sulfide) groups is 2. The molecule has 0 rings (SSSR count). The molecule has 0 spiro atoms. The second-order valence-electron chi connectivity index (χ2n) is 2.80. The molecule has 0 fully saturated rings. The van der Waals surface area contributed by atoms with Crippen LogP contribution >= 0.6 is 23.5 Å². The maximum atomic E-state index is 3.70. The average Bonchev–Trinajstić information content (AvgIpc) is 2.21. The van der Waals surface area contributed by atoms with E-state index < -0.39 is 0 Å². The molecule has 0 aliphatic heterocycles. The Morgan fingerprint density at radius 3 is 2.21 bits per heavy atom. The third kappa shape index (κ3) is 11.9. The van der Waals surface area contributed by atoms with Crippen LogP contribution in [-0.4, -0.2) is 17.3 Å². The van der Waals surface area contributed by atoms with Crippen LogP contribution in [-0.2, 0) is 0 Å². The average molecular weight is 228 g/mol. The molecule has 0 N–H and O–H groups in total. The molecule has 0 atom stereocenters. The van der Waals surface area contributed by atoms with Crippen LogP contribution in [0, 0.1) is 0 Å². The summed E-state index contributed by atoms with van der Waals surface area (Å²) < 4.78 is 0. The van der Waals surface area contributed by atoms with Crippen LogP contribution in [0.25, 0.3) is 0 Å². The molecule has 0 aromatic carbocycles. The number of hydrogen-bond donors (Lipinski definition) is 0. The Morgan fingerprint density at radius 1 is 0.857 bits per heavy atom. The van der Waals surface area contributed by atoms with Gasteiger partial charge in [0.15, 0.2) is 0 Å². The van der Waals surface area contributed by atoms with Gasteiger partial charge in [0.25, 0.3) is 0 Å². The summed E-state index contributed by atoms with van der Waals surface area (Å²) in [6.45, 7) is 7.39. The Labute approximate surface area is 96.9 Å². The Morgan fingerprint density at radius 2 is 1.50 bits per heavy atom. The second-order valence-corrected chi connectivity index (χ2v) is 5.04. The standard InChI is InChI=1S/C12H20S2/c1-3-5-9-13-11-7-8-12-14-10-6-4-2/h3-4,7,11H,1-2,5-6,8-10,12H2/b11-7-. The quantitative estimate of drug-likeness (QED) is 0.398. The van der Waals surface area contributed by atoms with Crippen molar-refractivity contribution in [2.24, 2.45) is 0 Å². The Bertz CT molecular complexity index is 162. The van der Waals surface area contributed by atoms with Gasteiger partial charge < -0.3 is 0 Å². The zero-order chi connectivity index (χ0) is 10.5. The molecule has 0 bridgehead atoms. The molecule has 0 heterocycles. The second kappa shape index (κ2) is 12.9. The molecular weight excluding hydrogens is 208 g/mol. The van der Waals surface area contributed by atoms with Gasteiger partial charge in [-0.2, -0.15) is 11.8 Å². The molecule has 80 valence electrons. The van der Waals surface area contributed by atoms with Crippen LogP contribution < -0.4 is 0 Å². The van der Waals surface area contributed by atoms with E-state index in [0.29, 0.717) is 0 Å². The monoisotopic (exact) mass is 228 g/mol. The summed E-state index contributed by atoms with van der Waals surface area (Å²) in [5, 5.41) is 2.21. The van der Waals surface area contributed by atoms with E-state index in [1.54, 1.807) is 0 Å². The zero-order valence-electron chi connectivity index (χ0n) is 8.78. The minimum absolute atomic E-state index is 1.10. The summed E-state index contributed by atoms with van der Waals surface area (Å²) in [5.41, 5.74) is 0. The normalized spacial score (nSPS) is 10.6. The number of rotatable bonds is 10. The molecule has 0 amide bonds. The van der Waals surface area contributed by atoms with Crippen molar-refractivity contribution in [2.75, 3.05) is 17.3 Å². The van der Waals surface area contributed by atoms with E-state index in [1.165, 1.54) is 17.9 Å². The van der Waals surface area contributed by atoms with E-state index >= 15 is 0 Å². The van der Waals surface area contributed by atoms with Crippen LogP contribution in [0.15, 0.2) is 36.8 Å². The minimum Gasteiger partial charge on any atom is -0.161 e. The van der Waals surface area contributed by atoms with Gasteiger partial charge in [0.05, 0.1) is 0 Å². The molecule has 0 saturated heterocycles. The van der Waals surface area contributed by atoms with Gasteiger partial charge in [-0.3, -0.25) is 0 Å². The third-order valence-electron chi connectivity index (χ3n) is 1.53. The van der Waals surface area contributed by atoms with Gasteiger partial charge in [0.2, 0.25) is 0 Å². The van der Waals surface area contributed by atoms with E-state index in [1.807, 2.05) is 35.7 Å². The van der Waals surface area contributed by atoms with E-state index in [-0.39, 0.29) is 0 Å². The molecule has 0 aromatic rings. The van der Waals surface area contributed by atoms with Gasteiger partial charge >= 0.3 is 0 Å². The Balaban J connectivity index is 3.02. The smallest absolute Gasteiger partial charge is 0.000844 e. The Kier molecular flexibility index (Phi) is 12.8. The molecule has 0 unspecified atom stereocenters. The molecule has 14 heavy (non-hydrogen) atoms. The molecule has 2 heteroatoms. The highest BCUT2D eigenvalue weighted by molar-refractivity contribution is 8.02. The fourth-order valence-electron chi connectivity index (χ4n) is 0.776. The lowest BCUT2D eigenvalue weighted by molar-refractivity contribution is 1.21. The fourth-order valence-corrected chi connectivity index (χ4v) is 2.33. The first kappa shape index (κ1) is 13.9. The molecule has 0 aliphatic carbocycles. The number of hydrogen-bond acceptors (Lipinski definition) is 2. The lowest BCUT2D eigenvalue weighted by Gasteiger charge is -1.95. The van der Waals surface area contributed by atoms with Gasteiger partial charge in [-0.1, -0.05) is 18.2 Å². The van der Waals surface area contributed by atoms with Crippen molar-refractivity contribution < 1.29 is 0 Å². The molecule has 0 saturated carbocycles. The molecule has 0 radical (unpaired) electrons. The zero-order valence-corrected chi connectivity index (χ0v) is 10.4. The summed E-state index contributed by atoms with van der Waals surface area (Å²) in [5.74, 6) is 3.59. The maximum absolute atomic E-state index is 3.70. The highest BCUT2D eigenvalue weighted by atomic mass is 32.2. The van der Waals surface area contributed by atoms with E-state index in [0.717, 1.165) is 18.6 Å². The van der Waals surface area contributed by atoms with Crippen LogP contribution in [0.1, 0.15) is 19.3 Å². The van der Waals surface area contributed by atoms with Crippen molar-refractivity contribution in [2.45, 2.75) is 19.3 Å². The van der Waals surface area contributed by atoms with E-state index in [9.17, 15) is 0 Å². The predicted octanol–water partition coefficient (Wildman–Crippen LogP) is 4.51. The van der Waals surface area contributed by atoms with Crippen molar-refractivity contribution in [1.29, 1.82) is 0 Å². The van der Waals surface area contributed by atoms with Gasteiger partial charge in [0, 0.05) is 5.75 Å². The predicted molar refractivity (Wildman–Crippen MR) is 73.2 cm³/mol. The third-order valence-corrected chi connectivity index (χ3v) is 3.43. The minimum atomic E-state index is 1.10. The van der Waals surface area contributed by atoms with Gasteiger partial charge in [-0.15, -0.1) is 24.9 Å². The summed E-state index contributed by atoms with van der Waals surface area (Å²) in [6, 6.07) is 0. The first-order valence-corrected chi connectivity index (χ1v) is 7.18. The van der Waals surface area contributed by atoms with Crippen LogP contribution in [0.2, 0.25) is 0 Å². The van der Waals surface area contributed by atoms with Crippen molar-refractivity contribution in [1.82, 2.24) is 0 Å². The Hall–Kier alpha value is -0.0800. The fraction of sp³-hybridized carbons (Fsp3) is 0.500. The first-order valence-electron chi connectivity index (χ1n) is 4.98. The van der Waals surface area contributed by atoms with E-state index in [4.69, 9.17) is 0 Å². The largest absolute Gasteiger partial charge is 0.161 e. The maximum Gasteiger partial charge on any atom is 0.000844 e. The number of allylic oxidation sites excluding steroid dienone is 3. The van der Waals surface area contributed by atoms with Crippen LogP contribution in [0.3, 0.4) is 0 Å². The van der Waals surface area contributed by atoms with Crippen molar-refractivity contribution in [3.63, 3.8) is 0 Å². The summed E-state index contributed by atoms with van der Waals surface area (Å²) in [4.78, 5) is 0. The molecule has 0 aromatic heterocycles. The summed E-state index contributed by atoms with van der Waals surface area (Å²) >= 11 is 3.87. The molecule has 0 nitrogen and oxygen atoms in total. The van der Waals surface area contributed by atoms with Crippen molar-refractivity contribution in [3.8, 4) is 0 Å². The first-order chi connectivity index (χ1) is 6.91. The van der Waals surface area contributed by atoms with E-state index in [2.05, 4.69) is 24.6 Å². The van der Waals surface area contributed by atoms with Gasteiger partial charge in [0.1, 0.15) is 0 Å². The topological polar surface area (TPSA) is 0 Å². The summed E-state index contributed by atoms with van der Waals surface area (Å²) in [6.07, 6.45) is 9.61. The lowest BCUT2D eigenvalue weighted by atomic mass is 10.5. The van der Waals surface area contributed by atoms with Crippen LogP contribution in [0.4, 0.5) is 0 Å². The summed E-state index contributed by atoms with van der Waals surface area (Å²) in [7, 11) is 0. The molecule has 0 aliphatic rings. The van der Waals surface area contributed by atoms with Crippen LogP contribution in [0.5, 0.6) is 0 Å². The van der Waals surface area contributed by atoms with Crippen molar-refractivity contribution in [3.05, 3.63) is 36.8 Å². The highest BCUT2D eigenvalue weighted by Gasteiger charge is 1.85. The SMILES string of the molecule is C=CCCS/C=C\CCSCCC=C. The lowest BCUT2D eigenvalue weighted by Crippen LogP contribution is -1.79. The van der Waals surface area contributed by atoms with Crippen molar-refractivity contribution >= 4 is 23.5 Å².